The topological polar surface area (TPSA) is 58.6 Å². The van der Waals surface area contributed by atoms with Gasteiger partial charge in [-0.3, -0.25) is 9.59 Å². The molecule has 184 valence electrons. The van der Waals surface area contributed by atoms with Crippen molar-refractivity contribution < 1.29 is 14.3 Å². The minimum absolute atomic E-state index is 0.0190. The van der Waals surface area contributed by atoms with Gasteiger partial charge in [0.25, 0.3) is 0 Å². The van der Waals surface area contributed by atoms with Crippen molar-refractivity contribution in [3.05, 3.63) is 99.5 Å². The standard InChI is InChI=1S/C28H30Cl2N2O3/c1-3-15-31-28(34)26(17-20-9-5-4-6-10-20)32(19-21-11-7-12-22(16-21)35-2)27(33)18-23-24(29)13-8-14-25(23)30/h4-14,16,26H,3,15,17-19H2,1-2H3,(H,31,34)/t26-/m1/s1. The van der Waals surface area contributed by atoms with Crippen molar-refractivity contribution in [3.63, 3.8) is 0 Å². The van der Waals surface area contributed by atoms with Crippen molar-refractivity contribution >= 4 is 35.0 Å². The third-order valence-electron chi connectivity index (χ3n) is 5.70. The Balaban J connectivity index is 2.00. The lowest BCUT2D eigenvalue weighted by Gasteiger charge is -2.32. The average Bonchev–Trinajstić information content (AvgIpc) is 2.87. The number of nitrogens with zero attached hydrogens (tertiary/aromatic N) is 1. The first-order valence-electron chi connectivity index (χ1n) is 11.6. The van der Waals surface area contributed by atoms with Crippen LogP contribution < -0.4 is 10.1 Å². The number of nitrogens with one attached hydrogen (secondary N) is 1. The Kier molecular flexibility index (Phi) is 10.0. The largest absolute Gasteiger partial charge is 0.497 e. The lowest BCUT2D eigenvalue weighted by atomic mass is 10.0. The van der Waals surface area contributed by atoms with Gasteiger partial charge in [-0.2, -0.15) is 0 Å². The fourth-order valence-electron chi connectivity index (χ4n) is 3.84. The number of carbonyl (C=O) groups is 2. The molecule has 0 aliphatic heterocycles. The molecule has 35 heavy (non-hydrogen) atoms. The van der Waals surface area contributed by atoms with E-state index in [4.69, 9.17) is 27.9 Å². The minimum Gasteiger partial charge on any atom is -0.497 e. The van der Waals surface area contributed by atoms with E-state index < -0.39 is 6.04 Å². The second-order valence-corrected chi connectivity index (χ2v) is 9.06. The number of hydrogen-bond acceptors (Lipinski definition) is 3. The van der Waals surface area contributed by atoms with Crippen LogP contribution in [-0.2, 0) is 29.0 Å². The van der Waals surface area contributed by atoms with E-state index in [1.54, 1.807) is 30.2 Å². The van der Waals surface area contributed by atoms with Crippen LogP contribution in [0.3, 0.4) is 0 Å². The summed E-state index contributed by atoms with van der Waals surface area (Å²) in [7, 11) is 1.60. The van der Waals surface area contributed by atoms with E-state index in [-0.39, 0.29) is 24.8 Å². The summed E-state index contributed by atoms with van der Waals surface area (Å²) in [4.78, 5) is 28.8. The first kappa shape index (κ1) is 26.6. The summed E-state index contributed by atoms with van der Waals surface area (Å²) in [6, 6.07) is 21.6. The Morgan fingerprint density at radius 3 is 2.26 bits per heavy atom. The summed E-state index contributed by atoms with van der Waals surface area (Å²) < 4.78 is 5.36. The van der Waals surface area contributed by atoms with Gasteiger partial charge in [-0.15, -0.1) is 0 Å². The Morgan fingerprint density at radius 1 is 0.943 bits per heavy atom. The molecule has 3 rings (SSSR count). The molecule has 0 fully saturated rings. The number of carbonyl (C=O) groups excluding carboxylic acids is 2. The second-order valence-electron chi connectivity index (χ2n) is 8.25. The lowest BCUT2D eigenvalue weighted by molar-refractivity contribution is -0.140. The third kappa shape index (κ3) is 7.48. The first-order chi connectivity index (χ1) is 16.9. The van der Waals surface area contributed by atoms with E-state index in [0.717, 1.165) is 17.5 Å². The summed E-state index contributed by atoms with van der Waals surface area (Å²) >= 11 is 12.7. The van der Waals surface area contributed by atoms with Gasteiger partial charge in [0, 0.05) is 29.6 Å². The van der Waals surface area contributed by atoms with E-state index in [1.807, 2.05) is 61.5 Å². The lowest BCUT2D eigenvalue weighted by Crippen LogP contribution is -2.51. The molecule has 0 saturated heterocycles. The monoisotopic (exact) mass is 512 g/mol. The zero-order chi connectivity index (χ0) is 25.2. The number of benzene rings is 3. The van der Waals surface area contributed by atoms with Gasteiger partial charge in [-0.25, -0.2) is 0 Å². The predicted octanol–water partition coefficient (Wildman–Crippen LogP) is 5.71. The highest BCUT2D eigenvalue weighted by atomic mass is 35.5. The Labute approximate surface area is 217 Å². The van der Waals surface area contributed by atoms with Crippen LogP contribution in [0.5, 0.6) is 5.75 Å². The Hall–Kier alpha value is -3.02. The van der Waals surface area contributed by atoms with Gasteiger partial charge in [0.15, 0.2) is 0 Å². The van der Waals surface area contributed by atoms with Crippen molar-refractivity contribution in [3.8, 4) is 5.75 Å². The molecule has 0 spiro atoms. The van der Waals surface area contributed by atoms with Crippen molar-refractivity contribution in [1.82, 2.24) is 10.2 Å². The van der Waals surface area contributed by atoms with Crippen LogP contribution in [0.15, 0.2) is 72.8 Å². The minimum atomic E-state index is -0.719. The summed E-state index contributed by atoms with van der Waals surface area (Å²) in [6.45, 7) is 2.75. The van der Waals surface area contributed by atoms with Crippen LogP contribution >= 0.6 is 23.2 Å². The molecule has 3 aromatic rings. The average molecular weight is 513 g/mol. The van der Waals surface area contributed by atoms with E-state index in [0.29, 0.717) is 34.3 Å². The molecule has 0 heterocycles. The summed E-state index contributed by atoms with van der Waals surface area (Å²) in [5.41, 5.74) is 2.36. The fourth-order valence-corrected chi connectivity index (χ4v) is 4.37. The van der Waals surface area contributed by atoms with Gasteiger partial charge >= 0.3 is 0 Å². The highest BCUT2D eigenvalue weighted by Gasteiger charge is 2.31. The SMILES string of the molecule is CCCNC(=O)[C@@H](Cc1ccccc1)N(Cc1cccc(OC)c1)C(=O)Cc1c(Cl)cccc1Cl. The normalized spacial score (nSPS) is 11.5. The maximum Gasteiger partial charge on any atom is 0.243 e. The molecule has 7 heteroatoms. The molecule has 0 aliphatic rings. The van der Waals surface area contributed by atoms with E-state index >= 15 is 0 Å². The maximum absolute atomic E-state index is 13.8. The highest BCUT2D eigenvalue weighted by molar-refractivity contribution is 6.36. The fraction of sp³-hybridized carbons (Fsp3) is 0.286. The molecule has 0 bridgehead atoms. The van der Waals surface area contributed by atoms with Gasteiger partial charge in [0.1, 0.15) is 11.8 Å². The quantitative estimate of drug-likeness (QED) is 0.357. The number of amides is 2. The number of hydrogen-bond donors (Lipinski definition) is 1. The molecular weight excluding hydrogens is 483 g/mol. The van der Waals surface area contributed by atoms with Crippen LogP contribution in [0.1, 0.15) is 30.0 Å². The van der Waals surface area contributed by atoms with Crippen LogP contribution in [0.2, 0.25) is 10.0 Å². The molecule has 1 N–H and O–H groups in total. The molecule has 0 unspecified atom stereocenters. The van der Waals surface area contributed by atoms with E-state index in [2.05, 4.69) is 5.32 Å². The molecular formula is C28H30Cl2N2O3. The van der Waals surface area contributed by atoms with Gasteiger partial charge in [0.2, 0.25) is 11.8 Å². The van der Waals surface area contributed by atoms with Crippen LogP contribution in [0.4, 0.5) is 0 Å². The van der Waals surface area contributed by atoms with Crippen molar-refractivity contribution in [2.45, 2.75) is 38.8 Å². The van der Waals surface area contributed by atoms with Crippen LogP contribution in [0.25, 0.3) is 0 Å². The van der Waals surface area contributed by atoms with Crippen LogP contribution in [-0.4, -0.2) is 36.4 Å². The molecule has 1 atom stereocenters. The summed E-state index contributed by atoms with van der Waals surface area (Å²) in [5, 5.41) is 3.81. The van der Waals surface area contributed by atoms with E-state index in [1.165, 1.54) is 0 Å². The van der Waals surface area contributed by atoms with Gasteiger partial charge < -0.3 is 15.0 Å². The van der Waals surface area contributed by atoms with Gasteiger partial charge in [0.05, 0.1) is 13.5 Å². The van der Waals surface area contributed by atoms with E-state index in [9.17, 15) is 9.59 Å². The number of methoxy groups -OCH3 is 1. The van der Waals surface area contributed by atoms with Crippen molar-refractivity contribution in [1.29, 1.82) is 0 Å². The second kappa shape index (κ2) is 13.2. The zero-order valence-electron chi connectivity index (χ0n) is 20.0. The number of halogens is 2. The molecule has 0 aromatic heterocycles. The molecule has 0 aliphatic carbocycles. The van der Waals surface area contributed by atoms with Crippen molar-refractivity contribution in [2.75, 3.05) is 13.7 Å². The summed E-state index contributed by atoms with van der Waals surface area (Å²) in [5.74, 6) is 0.242. The van der Waals surface area contributed by atoms with Crippen LogP contribution in [0, 0.1) is 0 Å². The number of ether oxygens (including phenoxy) is 1. The Morgan fingerprint density at radius 2 is 1.60 bits per heavy atom. The maximum atomic E-state index is 13.8. The van der Waals surface area contributed by atoms with Gasteiger partial charge in [-0.1, -0.05) is 78.7 Å². The zero-order valence-corrected chi connectivity index (χ0v) is 21.5. The first-order valence-corrected chi connectivity index (χ1v) is 12.4. The molecule has 3 aromatic carbocycles. The summed E-state index contributed by atoms with van der Waals surface area (Å²) in [6.07, 6.45) is 1.15. The molecule has 2 amide bonds. The third-order valence-corrected chi connectivity index (χ3v) is 6.41. The number of rotatable bonds is 11. The Bertz CT molecular complexity index is 1120. The highest BCUT2D eigenvalue weighted by Crippen LogP contribution is 2.26. The molecule has 5 nitrogen and oxygen atoms in total. The molecule has 0 radical (unpaired) electrons. The van der Waals surface area contributed by atoms with Crippen molar-refractivity contribution in [2.24, 2.45) is 0 Å². The predicted molar refractivity (Wildman–Crippen MR) is 141 cm³/mol. The van der Waals surface area contributed by atoms with Gasteiger partial charge in [-0.05, 0) is 47.4 Å². The molecule has 0 saturated carbocycles. The smallest absolute Gasteiger partial charge is 0.243 e.